The predicted molar refractivity (Wildman–Crippen MR) is 99.3 cm³/mol. The Labute approximate surface area is 155 Å². The zero-order valence-electron chi connectivity index (χ0n) is 13.0. The maximum absolute atomic E-state index is 12.1. The molecule has 0 aliphatic rings. The molecule has 2 rings (SSSR count). The lowest BCUT2D eigenvalue weighted by atomic mass is 10.1. The van der Waals surface area contributed by atoms with Crippen molar-refractivity contribution in [2.45, 2.75) is 20.3 Å². The first kappa shape index (κ1) is 18.6. The maximum atomic E-state index is 12.1. The number of carbonyl (C=O) groups excluding carboxylic acids is 2. The normalized spacial score (nSPS) is 10.4. The highest BCUT2D eigenvalue weighted by Crippen LogP contribution is 2.30. The van der Waals surface area contributed by atoms with Gasteiger partial charge in [0.25, 0.3) is 0 Å². The van der Waals surface area contributed by atoms with Crippen LogP contribution in [0.1, 0.15) is 17.5 Å². The van der Waals surface area contributed by atoms with Gasteiger partial charge < -0.3 is 10.6 Å². The molecule has 0 saturated heterocycles. The minimum atomic E-state index is -0.502. The molecule has 0 aliphatic heterocycles. The van der Waals surface area contributed by atoms with Gasteiger partial charge in [-0.2, -0.15) is 0 Å². The van der Waals surface area contributed by atoms with Crippen molar-refractivity contribution >= 4 is 58.0 Å². The summed E-state index contributed by atoms with van der Waals surface area (Å²) in [5.41, 5.74) is 2.67. The third-order valence-electron chi connectivity index (χ3n) is 3.24. The molecule has 7 heteroatoms. The van der Waals surface area contributed by atoms with Gasteiger partial charge >= 0.3 is 0 Å². The van der Waals surface area contributed by atoms with Crippen LogP contribution in [0.25, 0.3) is 0 Å². The number of hydrogen-bond donors (Lipinski definition) is 2. The SMILES string of the molecule is Cc1cc(C)c(NC(=O)CC(=O)Nc2cccc(Cl)c2Cl)c(Cl)c1. The monoisotopic (exact) mass is 384 g/mol. The van der Waals surface area contributed by atoms with Crippen molar-refractivity contribution in [2.75, 3.05) is 10.6 Å². The third kappa shape index (κ3) is 4.63. The average Bonchev–Trinajstić information content (AvgIpc) is 2.47. The molecule has 0 aliphatic carbocycles. The summed E-state index contributed by atoms with van der Waals surface area (Å²) in [4.78, 5) is 24.1. The smallest absolute Gasteiger partial charge is 0.233 e. The van der Waals surface area contributed by atoms with E-state index in [-0.39, 0.29) is 11.4 Å². The van der Waals surface area contributed by atoms with E-state index in [1.165, 1.54) is 0 Å². The van der Waals surface area contributed by atoms with Gasteiger partial charge in [0.05, 0.1) is 26.4 Å². The molecule has 4 nitrogen and oxygen atoms in total. The Bertz CT molecular complexity index is 783. The zero-order chi connectivity index (χ0) is 17.9. The van der Waals surface area contributed by atoms with Crippen LogP contribution in [0.3, 0.4) is 0 Å². The van der Waals surface area contributed by atoms with Gasteiger partial charge in [0, 0.05) is 0 Å². The van der Waals surface area contributed by atoms with Crippen LogP contribution in [-0.2, 0) is 9.59 Å². The highest BCUT2D eigenvalue weighted by molar-refractivity contribution is 6.44. The van der Waals surface area contributed by atoms with Crippen LogP contribution < -0.4 is 10.6 Å². The molecule has 0 radical (unpaired) electrons. The van der Waals surface area contributed by atoms with Crippen molar-refractivity contribution in [1.82, 2.24) is 0 Å². The molecule has 0 saturated carbocycles. The minimum absolute atomic E-state index is 0.227. The number of aryl methyl sites for hydroxylation is 2. The van der Waals surface area contributed by atoms with Crippen molar-refractivity contribution in [2.24, 2.45) is 0 Å². The highest BCUT2D eigenvalue weighted by Gasteiger charge is 2.15. The first-order chi connectivity index (χ1) is 11.3. The summed E-state index contributed by atoms with van der Waals surface area (Å²) in [5, 5.41) is 6.19. The first-order valence-electron chi connectivity index (χ1n) is 7.08. The van der Waals surface area contributed by atoms with Crippen molar-refractivity contribution in [1.29, 1.82) is 0 Å². The van der Waals surface area contributed by atoms with Crippen LogP contribution in [0, 0.1) is 13.8 Å². The van der Waals surface area contributed by atoms with Crippen molar-refractivity contribution in [3.8, 4) is 0 Å². The van der Waals surface area contributed by atoms with Crippen LogP contribution >= 0.6 is 34.8 Å². The summed E-state index contributed by atoms with van der Waals surface area (Å²) in [6, 6.07) is 8.50. The van der Waals surface area contributed by atoms with E-state index < -0.39 is 11.8 Å². The van der Waals surface area contributed by atoms with Crippen LogP contribution in [0.2, 0.25) is 15.1 Å². The third-order valence-corrected chi connectivity index (χ3v) is 4.36. The van der Waals surface area contributed by atoms with Gasteiger partial charge in [-0.05, 0) is 43.2 Å². The Morgan fingerprint density at radius 3 is 2.29 bits per heavy atom. The second-order valence-electron chi connectivity index (χ2n) is 5.31. The van der Waals surface area contributed by atoms with E-state index in [4.69, 9.17) is 34.8 Å². The van der Waals surface area contributed by atoms with Gasteiger partial charge in [0.1, 0.15) is 6.42 Å². The van der Waals surface area contributed by atoms with Crippen LogP contribution in [0.5, 0.6) is 0 Å². The van der Waals surface area contributed by atoms with E-state index in [1.54, 1.807) is 24.3 Å². The Kier molecular flexibility index (Phi) is 6.10. The minimum Gasteiger partial charge on any atom is -0.324 e. The summed E-state index contributed by atoms with van der Waals surface area (Å²) < 4.78 is 0. The molecule has 126 valence electrons. The van der Waals surface area contributed by atoms with Crippen LogP contribution in [0.4, 0.5) is 11.4 Å². The Balaban J connectivity index is 2.02. The lowest BCUT2D eigenvalue weighted by molar-refractivity contribution is -0.123. The van der Waals surface area contributed by atoms with E-state index >= 15 is 0 Å². The number of halogens is 3. The number of nitrogens with one attached hydrogen (secondary N) is 2. The van der Waals surface area contributed by atoms with Gasteiger partial charge in [-0.25, -0.2) is 0 Å². The molecule has 0 bridgehead atoms. The topological polar surface area (TPSA) is 58.2 Å². The summed E-state index contributed by atoms with van der Waals surface area (Å²) >= 11 is 18.0. The van der Waals surface area contributed by atoms with E-state index in [0.717, 1.165) is 11.1 Å². The molecule has 0 spiro atoms. The highest BCUT2D eigenvalue weighted by atomic mass is 35.5. The first-order valence-corrected chi connectivity index (χ1v) is 8.21. The van der Waals surface area contributed by atoms with Crippen molar-refractivity contribution in [3.05, 3.63) is 56.5 Å². The Morgan fingerprint density at radius 1 is 0.958 bits per heavy atom. The second kappa shape index (κ2) is 7.88. The number of benzene rings is 2. The standard InChI is InChI=1S/C17H15Cl3N2O2/c1-9-6-10(2)17(12(19)7-9)22-15(24)8-14(23)21-13-5-3-4-11(18)16(13)20/h3-7H,8H2,1-2H3,(H,21,23)(H,22,24). The molecular formula is C17H15Cl3N2O2. The van der Waals surface area contributed by atoms with E-state index in [1.807, 2.05) is 19.9 Å². The summed E-state index contributed by atoms with van der Waals surface area (Å²) in [5.74, 6) is -0.975. The summed E-state index contributed by atoms with van der Waals surface area (Å²) in [7, 11) is 0. The van der Waals surface area contributed by atoms with Crippen LogP contribution in [-0.4, -0.2) is 11.8 Å². The van der Waals surface area contributed by atoms with Crippen molar-refractivity contribution in [3.63, 3.8) is 0 Å². The average molecular weight is 386 g/mol. The Morgan fingerprint density at radius 2 is 1.62 bits per heavy atom. The fourth-order valence-corrected chi connectivity index (χ4v) is 2.91. The quantitative estimate of drug-likeness (QED) is 0.708. The van der Waals surface area contributed by atoms with E-state index in [9.17, 15) is 9.59 Å². The van der Waals surface area contributed by atoms with Gasteiger partial charge in [0.15, 0.2) is 0 Å². The fraction of sp³-hybridized carbons (Fsp3) is 0.176. The molecule has 0 fully saturated rings. The van der Waals surface area contributed by atoms with Crippen LogP contribution in [0.15, 0.2) is 30.3 Å². The Hall–Kier alpha value is -1.75. The largest absolute Gasteiger partial charge is 0.324 e. The molecule has 0 unspecified atom stereocenters. The summed E-state index contributed by atoms with van der Waals surface area (Å²) in [6.45, 7) is 3.74. The second-order valence-corrected chi connectivity index (χ2v) is 6.51. The number of anilines is 2. The van der Waals surface area contributed by atoms with E-state index in [0.29, 0.717) is 21.4 Å². The predicted octanol–water partition coefficient (Wildman–Crippen LogP) is 5.23. The zero-order valence-corrected chi connectivity index (χ0v) is 15.3. The number of hydrogen-bond acceptors (Lipinski definition) is 2. The van der Waals surface area contributed by atoms with Gasteiger partial charge in [-0.15, -0.1) is 0 Å². The molecule has 2 N–H and O–H groups in total. The van der Waals surface area contributed by atoms with Gasteiger partial charge in [0.2, 0.25) is 11.8 Å². The molecule has 2 aromatic rings. The molecule has 0 heterocycles. The van der Waals surface area contributed by atoms with Gasteiger partial charge in [-0.3, -0.25) is 9.59 Å². The lowest BCUT2D eigenvalue weighted by Gasteiger charge is -2.12. The molecular weight excluding hydrogens is 371 g/mol. The number of carbonyl (C=O) groups is 2. The fourth-order valence-electron chi connectivity index (χ4n) is 2.20. The molecule has 24 heavy (non-hydrogen) atoms. The summed E-state index contributed by atoms with van der Waals surface area (Å²) in [6.07, 6.45) is -0.369. The van der Waals surface area contributed by atoms with E-state index in [2.05, 4.69) is 10.6 Å². The van der Waals surface area contributed by atoms with Crippen molar-refractivity contribution < 1.29 is 9.59 Å². The molecule has 0 atom stereocenters. The number of amides is 2. The number of rotatable bonds is 4. The van der Waals surface area contributed by atoms with Gasteiger partial charge in [-0.1, -0.05) is 46.9 Å². The molecule has 2 aromatic carbocycles. The lowest BCUT2D eigenvalue weighted by Crippen LogP contribution is -2.22. The molecule has 0 aromatic heterocycles. The molecule has 2 amide bonds. The maximum Gasteiger partial charge on any atom is 0.233 e.